The second-order valence-corrected chi connectivity index (χ2v) is 3.48. The lowest BCUT2D eigenvalue weighted by molar-refractivity contribution is 0.100. The number of rotatable bonds is 3. The quantitative estimate of drug-likeness (QED) is 0.766. The summed E-state index contributed by atoms with van der Waals surface area (Å²) in [4.78, 5) is 10.8. The third-order valence-electron chi connectivity index (χ3n) is 2.19. The fourth-order valence-corrected chi connectivity index (χ4v) is 1.24. The Morgan fingerprint density at radius 3 is 2.79 bits per heavy atom. The Hall–Kier alpha value is -1.58. The highest BCUT2D eigenvalue weighted by atomic mass is 19.1. The van der Waals surface area contributed by atoms with E-state index in [0.717, 1.165) is 12.8 Å². The topological polar surface area (TPSA) is 55.1 Å². The average molecular weight is 194 g/mol. The van der Waals surface area contributed by atoms with Crippen LogP contribution in [0.4, 0.5) is 10.1 Å². The van der Waals surface area contributed by atoms with Crippen molar-refractivity contribution in [3.8, 4) is 0 Å². The molecule has 4 heteroatoms. The maximum Gasteiger partial charge on any atom is 0.248 e. The van der Waals surface area contributed by atoms with E-state index in [2.05, 4.69) is 5.32 Å². The van der Waals surface area contributed by atoms with E-state index in [9.17, 15) is 9.18 Å². The molecule has 1 aromatic rings. The maximum absolute atomic E-state index is 13.2. The minimum atomic E-state index is -0.538. The number of carbonyl (C=O) groups is 1. The number of halogens is 1. The summed E-state index contributed by atoms with van der Waals surface area (Å²) >= 11 is 0. The van der Waals surface area contributed by atoms with Crippen molar-refractivity contribution in [3.05, 3.63) is 29.6 Å². The molecule has 1 aliphatic rings. The second-order valence-electron chi connectivity index (χ2n) is 3.48. The normalized spacial score (nSPS) is 15.2. The Balaban J connectivity index is 2.26. The van der Waals surface area contributed by atoms with Gasteiger partial charge in [-0.15, -0.1) is 0 Å². The molecule has 3 nitrogen and oxygen atoms in total. The summed E-state index contributed by atoms with van der Waals surface area (Å²) in [6.45, 7) is 0. The number of nitrogens with two attached hydrogens (primary N) is 1. The monoisotopic (exact) mass is 194 g/mol. The van der Waals surface area contributed by atoms with E-state index in [1.54, 1.807) is 0 Å². The van der Waals surface area contributed by atoms with Crippen LogP contribution in [0.15, 0.2) is 18.2 Å². The Morgan fingerprint density at radius 1 is 1.50 bits per heavy atom. The molecule has 14 heavy (non-hydrogen) atoms. The third-order valence-corrected chi connectivity index (χ3v) is 2.19. The highest BCUT2D eigenvalue weighted by Gasteiger charge is 2.22. The molecule has 0 heterocycles. The SMILES string of the molecule is NC(=O)c1ccc(F)c(NC2CC2)c1. The molecule has 0 unspecified atom stereocenters. The minimum absolute atomic E-state index is 0.328. The van der Waals surface area contributed by atoms with Gasteiger partial charge in [0.25, 0.3) is 0 Å². The molecule has 0 bridgehead atoms. The summed E-state index contributed by atoms with van der Waals surface area (Å²) in [5, 5.41) is 3.00. The first kappa shape index (κ1) is 8.99. The Kier molecular flexibility index (Phi) is 2.11. The molecule has 0 spiro atoms. The van der Waals surface area contributed by atoms with Gasteiger partial charge in [-0.25, -0.2) is 4.39 Å². The number of carbonyl (C=O) groups excluding carboxylic acids is 1. The van der Waals surface area contributed by atoms with Crippen molar-refractivity contribution < 1.29 is 9.18 Å². The fourth-order valence-electron chi connectivity index (χ4n) is 1.24. The number of amides is 1. The van der Waals surface area contributed by atoms with Crippen molar-refractivity contribution in [3.63, 3.8) is 0 Å². The standard InChI is InChI=1S/C10H11FN2O/c11-8-4-1-6(10(12)14)5-9(8)13-7-2-3-7/h1,4-5,7,13H,2-3H2,(H2,12,14). The van der Waals surface area contributed by atoms with Gasteiger partial charge in [-0.3, -0.25) is 4.79 Å². The molecule has 74 valence electrons. The highest BCUT2D eigenvalue weighted by Crippen LogP contribution is 2.26. The molecule has 1 saturated carbocycles. The number of hydrogen-bond donors (Lipinski definition) is 2. The molecule has 0 aliphatic heterocycles. The van der Waals surface area contributed by atoms with Crippen LogP contribution in [0.25, 0.3) is 0 Å². The Bertz CT molecular complexity index is 374. The van der Waals surface area contributed by atoms with Crippen molar-refractivity contribution in [2.24, 2.45) is 5.73 Å². The molecule has 0 saturated heterocycles. The van der Waals surface area contributed by atoms with E-state index in [-0.39, 0.29) is 5.82 Å². The minimum Gasteiger partial charge on any atom is -0.380 e. The van der Waals surface area contributed by atoms with Gasteiger partial charge in [0.2, 0.25) is 5.91 Å². The van der Waals surface area contributed by atoms with E-state index < -0.39 is 5.91 Å². The van der Waals surface area contributed by atoms with Gasteiger partial charge in [0, 0.05) is 11.6 Å². The fraction of sp³-hybridized carbons (Fsp3) is 0.300. The van der Waals surface area contributed by atoms with E-state index >= 15 is 0 Å². The van der Waals surface area contributed by atoms with Gasteiger partial charge < -0.3 is 11.1 Å². The van der Waals surface area contributed by atoms with Crippen LogP contribution in [0.3, 0.4) is 0 Å². The van der Waals surface area contributed by atoms with Crippen LogP contribution >= 0.6 is 0 Å². The number of anilines is 1. The number of nitrogens with one attached hydrogen (secondary N) is 1. The lowest BCUT2D eigenvalue weighted by Crippen LogP contribution is -2.12. The largest absolute Gasteiger partial charge is 0.380 e. The summed E-state index contributed by atoms with van der Waals surface area (Å²) in [5.74, 6) is -0.884. The lowest BCUT2D eigenvalue weighted by atomic mass is 10.2. The summed E-state index contributed by atoms with van der Waals surface area (Å²) in [6, 6.07) is 4.45. The molecule has 1 fully saturated rings. The van der Waals surface area contributed by atoms with Gasteiger partial charge >= 0.3 is 0 Å². The molecule has 0 radical (unpaired) electrons. The molecular formula is C10H11FN2O. The van der Waals surface area contributed by atoms with Crippen molar-refractivity contribution >= 4 is 11.6 Å². The van der Waals surface area contributed by atoms with Crippen LogP contribution in [0, 0.1) is 5.82 Å². The molecule has 1 amide bonds. The molecule has 0 atom stereocenters. The van der Waals surface area contributed by atoms with Crippen molar-refractivity contribution in [2.45, 2.75) is 18.9 Å². The molecule has 0 aromatic heterocycles. The van der Waals surface area contributed by atoms with Crippen molar-refractivity contribution in [1.29, 1.82) is 0 Å². The molecule has 1 aromatic carbocycles. The van der Waals surface area contributed by atoms with E-state index in [4.69, 9.17) is 5.73 Å². The summed E-state index contributed by atoms with van der Waals surface area (Å²) in [5.41, 5.74) is 5.78. The zero-order valence-corrected chi connectivity index (χ0v) is 7.59. The first-order valence-corrected chi connectivity index (χ1v) is 4.52. The smallest absolute Gasteiger partial charge is 0.248 e. The molecule has 2 rings (SSSR count). The van der Waals surface area contributed by atoms with E-state index in [1.807, 2.05) is 0 Å². The van der Waals surface area contributed by atoms with Gasteiger partial charge in [0.15, 0.2) is 0 Å². The molecular weight excluding hydrogens is 183 g/mol. The van der Waals surface area contributed by atoms with Crippen molar-refractivity contribution in [1.82, 2.24) is 0 Å². The Morgan fingerprint density at radius 2 is 2.21 bits per heavy atom. The van der Waals surface area contributed by atoms with Crippen LogP contribution < -0.4 is 11.1 Å². The average Bonchev–Trinajstić information content (AvgIpc) is 2.92. The maximum atomic E-state index is 13.2. The van der Waals surface area contributed by atoms with Crippen LogP contribution in [0.5, 0.6) is 0 Å². The van der Waals surface area contributed by atoms with Gasteiger partial charge in [-0.2, -0.15) is 0 Å². The van der Waals surface area contributed by atoms with Crippen LogP contribution in [-0.2, 0) is 0 Å². The first-order chi connectivity index (χ1) is 6.66. The number of benzene rings is 1. The van der Waals surface area contributed by atoms with Gasteiger partial charge in [0.05, 0.1) is 5.69 Å². The van der Waals surface area contributed by atoms with Crippen LogP contribution in [0.1, 0.15) is 23.2 Å². The van der Waals surface area contributed by atoms with Gasteiger partial charge in [0.1, 0.15) is 5.82 Å². The predicted octanol–water partition coefficient (Wildman–Crippen LogP) is 1.50. The highest BCUT2D eigenvalue weighted by molar-refractivity contribution is 5.93. The van der Waals surface area contributed by atoms with Crippen molar-refractivity contribution in [2.75, 3.05) is 5.32 Å². The third kappa shape index (κ3) is 1.84. The molecule has 1 aliphatic carbocycles. The van der Waals surface area contributed by atoms with Gasteiger partial charge in [-0.1, -0.05) is 0 Å². The zero-order valence-electron chi connectivity index (χ0n) is 7.59. The zero-order chi connectivity index (χ0) is 10.1. The van der Waals surface area contributed by atoms with Crippen LogP contribution in [-0.4, -0.2) is 11.9 Å². The number of hydrogen-bond acceptors (Lipinski definition) is 2. The second kappa shape index (κ2) is 3.29. The van der Waals surface area contributed by atoms with E-state index in [1.165, 1.54) is 18.2 Å². The van der Waals surface area contributed by atoms with Gasteiger partial charge in [-0.05, 0) is 31.0 Å². The summed E-state index contributed by atoms with van der Waals surface area (Å²) < 4.78 is 13.2. The summed E-state index contributed by atoms with van der Waals surface area (Å²) in [7, 11) is 0. The van der Waals surface area contributed by atoms with E-state index in [0.29, 0.717) is 17.3 Å². The molecule has 3 N–H and O–H groups in total. The first-order valence-electron chi connectivity index (χ1n) is 4.52. The number of primary amides is 1. The summed E-state index contributed by atoms with van der Waals surface area (Å²) in [6.07, 6.45) is 2.11. The predicted molar refractivity (Wildman–Crippen MR) is 51.6 cm³/mol. The lowest BCUT2D eigenvalue weighted by Gasteiger charge is -2.06. The Labute approximate surface area is 81.1 Å². The van der Waals surface area contributed by atoms with Crippen LogP contribution in [0.2, 0.25) is 0 Å².